The number of amides is 2. The molecule has 0 spiro atoms. The van der Waals surface area contributed by atoms with Gasteiger partial charge in [0.05, 0.1) is 33.2 Å². The minimum atomic E-state index is -4.66. The van der Waals surface area contributed by atoms with Gasteiger partial charge >= 0.3 is 6.18 Å². The summed E-state index contributed by atoms with van der Waals surface area (Å²) in [6.07, 6.45) is -4.23. The third kappa shape index (κ3) is 11.6. The lowest BCUT2D eigenvalue weighted by Gasteiger charge is -2.31. The Morgan fingerprint density at radius 3 is 2.31 bits per heavy atom. The van der Waals surface area contributed by atoms with Crippen LogP contribution in [-0.4, -0.2) is 46.6 Å². The van der Waals surface area contributed by atoms with Gasteiger partial charge in [-0.25, -0.2) is 12.8 Å². The molecule has 0 aromatic heterocycles. The second kappa shape index (κ2) is 16.0. The molecule has 0 saturated heterocycles. The van der Waals surface area contributed by atoms with E-state index >= 15 is 0 Å². The van der Waals surface area contributed by atoms with Crippen LogP contribution >= 0.6 is 11.9 Å². The molecule has 0 aliphatic carbocycles. The lowest BCUT2D eigenvalue weighted by atomic mass is 10.2. The SMILES string of the molecule is CC(=O)NSc1cc(C)ccc1F.COC(C)(C)C.O=CNc1ccc2c(c1)N(S(=O)(=O)c1cccc(C(F)(F)F)c1)CCO2. The highest BCUT2D eigenvalue weighted by Crippen LogP contribution is 2.38. The molecule has 1 heterocycles. The van der Waals surface area contributed by atoms with E-state index in [1.807, 2.05) is 27.7 Å². The number of ether oxygens (including phenoxy) is 2. The molecule has 15 heteroatoms. The molecule has 0 saturated carbocycles. The molecule has 0 unspecified atom stereocenters. The maximum absolute atomic E-state index is 13.0. The molecule has 0 fully saturated rings. The standard InChI is InChI=1S/C16H13F3N2O4S.C9H10FNOS.C5H12O/c17-16(18,19)11-2-1-3-13(8-11)26(23,24)21-6-7-25-15-5-4-12(20-10-22)9-14(15)21;1-6-3-4-8(10)9(5-6)13-11-7(2)12;1-5(2,3)6-4/h1-5,8-10H,6-7H2,(H,20,22);3-5H,1-2H3,(H,11,12);1-4H3. The second-order valence-corrected chi connectivity index (χ2v) is 13.1. The fraction of sp³-hybridized carbons (Fsp3) is 0.333. The van der Waals surface area contributed by atoms with Crippen LogP contribution < -0.4 is 19.1 Å². The van der Waals surface area contributed by atoms with Crippen molar-refractivity contribution in [2.75, 3.05) is 29.9 Å². The molecule has 1 aliphatic heterocycles. The fourth-order valence-corrected chi connectivity index (χ4v) is 5.54. The summed E-state index contributed by atoms with van der Waals surface area (Å²) >= 11 is 0.995. The van der Waals surface area contributed by atoms with Gasteiger partial charge in [0.15, 0.2) is 0 Å². The summed E-state index contributed by atoms with van der Waals surface area (Å²) in [5, 5.41) is 2.39. The van der Waals surface area contributed by atoms with Gasteiger partial charge in [0.1, 0.15) is 18.2 Å². The number of methoxy groups -OCH3 is 1. The maximum atomic E-state index is 13.0. The highest BCUT2D eigenvalue weighted by Gasteiger charge is 2.34. The van der Waals surface area contributed by atoms with Gasteiger partial charge in [0.2, 0.25) is 12.3 Å². The third-order valence-corrected chi connectivity index (χ3v) is 8.49. The molecular weight excluding hydrogens is 638 g/mol. The summed E-state index contributed by atoms with van der Waals surface area (Å²) in [5.41, 5.74) is 0.423. The predicted molar refractivity (Wildman–Crippen MR) is 165 cm³/mol. The number of hydrogen-bond acceptors (Lipinski definition) is 7. The third-order valence-electron chi connectivity index (χ3n) is 5.76. The number of rotatable bonds is 6. The number of sulfonamides is 1. The van der Waals surface area contributed by atoms with Gasteiger partial charge in [0, 0.05) is 19.7 Å². The number of alkyl halides is 3. The number of aryl methyl sites for hydroxylation is 1. The molecule has 9 nitrogen and oxygen atoms in total. The second-order valence-electron chi connectivity index (χ2n) is 10.4. The van der Waals surface area contributed by atoms with E-state index in [1.54, 1.807) is 19.2 Å². The number of carbonyl (C=O) groups is 2. The van der Waals surface area contributed by atoms with E-state index in [0.717, 1.165) is 40.0 Å². The Kier molecular flexibility index (Phi) is 13.2. The van der Waals surface area contributed by atoms with Gasteiger partial charge in [-0.15, -0.1) is 0 Å². The van der Waals surface area contributed by atoms with Crippen molar-refractivity contribution < 1.29 is 45.0 Å². The molecule has 0 bridgehead atoms. The minimum absolute atomic E-state index is 0.0417. The lowest BCUT2D eigenvalue weighted by molar-refractivity contribution is -0.137. The van der Waals surface area contributed by atoms with Crippen LogP contribution in [0.3, 0.4) is 0 Å². The Morgan fingerprint density at radius 1 is 1.07 bits per heavy atom. The molecule has 1 aliphatic rings. The van der Waals surface area contributed by atoms with E-state index in [4.69, 9.17) is 9.47 Å². The van der Waals surface area contributed by atoms with Gasteiger partial charge < -0.3 is 14.8 Å². The number of halogens is 4. The number of carbonyl (C=O) groups excluding carboxylic acids is 2. The van der Waals surface area contributed by atoms with Gasteiger partial charge in [0.25, 0.3) is 10.0 Å². The van der Waals surface area contributed by atoms with Gasteiger partial charge in [-0.05, 0) is 93.7 Å². The zero-order valence-electron chi connectivity index (χ0n) is 25.5. The van der Waals surface area contributed by atoms with Crippen LogP contribution in [0.25, 0.3) is 0 Å². The van der Waals surface area contributed by atoms with Gasteiger partial charge in [-0.1, -0.05) is 12.1 Å². The summed E-state index contributed by atoms with van der Waals surface area (Å²) < 4.78 is 91.4. The van der Waals surface area contributed by atoms with Crippen LogP contribution in [-0.2, 0) is 30.5 Å². The van der Waals surface area contributed by atoms with Crippen molar-refractivity contribution in [3.05, 3.63) is 77.6 Å². The van der Waals surface area contributed by atoms with Crippen molar-refractivity contribution in [3.63, 3.8) is 0 Å². The molecule has 3 aromatic rings. The van der Waals surface area contributed by atoms with Crippen LogP contribution in [0.1, 0.15) is 38.8 Å². The largest absolute Gasteiger partial charge is 0.489 e. The number of benzene rings is 3. The smallest absolute Gasteiger partial charge is 0.416 e. The fourth-order valence-electron chi connectivity index (χ4n) is 3.38. The number of anilines is 2. The normalized spacial score (nSPS) is 12.7. The Balaban J connectivity index is 0.000000308. The number of nitrogens with one attached hydrogen (secondary N) is 2. The number of hydrogen-bond donors (Lipinski definition) is 2. The van der Waals surface area contributed by atoms with E-state index < -0.39 is 26.7 Å². The topological polar surface area (TPSA) is 114 Å². The summed E-state index contributed by atoms with van der Waals surface area (Å²) in [5.74, 6) is -0.251. The first-order valence-electron chi connectivity index (χ1n) is 13.3. The minimum Gasteiger partial charge on any atom is -0.489 e. The zero-order chi connectivity index (χ0) is 34.0. The summed E-state index contributed by atoms with van der Waals surface area (Å²) in [6.45, 7) is 9.30. The quantitative estimate of drug-likeness (QED) is 0.173. The van der Waals surface area contributed by atoms with E-state index in [9.17, 15) is 35.6 Å². The Morgan fingerprint density at radius 2 is 1.73 bits per heavy atom. The molecule has 2 amide bonds. The van der Waals surface area contributed by atoms with Crippen molar-refractivity contribution in [3.8, 4) is 5.75 Å². The highest BCUT2D eigenvalue weighted by atomic mass is 32.2. The van der Waals surface area contributed by atoms with E-state index in [1.165, 1.54) is 31.2 Å². The molecular formula is C30H35F4N3O6S2. The summed E-state index contributed by atoms with van der Waals surface area (Å²) in [6, 6.07) is 12.7. The van der Waals surface area contributed by atoms with Crippen LogP contribution in [0, 0.1) is 12.7 Å². The Hall–Kier alpha value is -3.82. The van der Waals surface area contributed by atoms with Crippen molar-refractivity contribution in [2.45, 2.75) is 56.2 Å². The Bertz CT molecular complexity index is 1580. The summed E-state index contributed by atoms with van der Waals surface area (Å²) in [4.78, 5) is 21.1. The van der Waals surface area contributed by atoms with Crippen molar-refractivity contribution in [1.82, 2.24) is 4.72 Å². The molecule has 0 radical (unpaired) electrons. The van der Waals surface area contributed by atoms with Gasteiger partial charge in [-0.3, -0.25) is 18.6 Å². The average Bonchev–Trinajstić information content (AvgIpc) is 2.97. The van der Waals surface area contributed by atoms with Crippen LogP contribution in [0.15, 0.2) is 70.5 Å². The zero-order valence-corrected chi connectivity index (χ0v) is 27.1. The molecule has 45 heavy (non-hydrogen) atoms. The average molecular weight is 674 g/mol. The first kappa shape index (κ1) is 37.4. The predicted octanol–water partition coefficient (Wildman–Crippen LogP) is 6.57. The van der Waals surface area contributed by atoms with Crippen molar-refractivity contribution >= 4 is 45.7 Å². The summed E-state index contributed by atoms with van der Waals surface area (Å²) in [7, 11) is -2.54. The lowest BCUT2D eigenvalue weighted by Crippen LogP contribution is -2.38. The molecule has 4 rings (SSSR count). The number of nitrogens with zero attached hydrogens (tertiary/aromatic N) is 1. The first-order chi connectivity index (χ1) is 20.9. The Labute approximate surface area is 264 Å². The number of fused-ring (bicyclic) bond motifs is 1. The molecule has 246 valence electrons. The van der Waals surface area contributed by atoms with E-state index in [2.05, 4.69) is 10.0 Å². The maximum Gasteiger partial charge on any atom is 0.416 e. The van der Waals surface area contributed by atoms with E-state index in [-0.39, 0.29) is 41.9 Å². The highest BCUT2D eigenvalue weighted by molar-refractivity contribution is 7.98. The molecule has 0 atom stereocenters. The van der Waals surface area contributed by atoms with Crippen LogP contribution in [0.5, 0.6) is 5.75 Å². The van der Waals surface area contributed by atoms with Gasteiger partial charge in [-0.2, -0.15) is 13.2 Å². The van der Waals surface area contributed by atoms with Crippen LogP contribution in [0.2, 0.25) is 0 Å². The molecule has 2 N–H and O–H groups in total. The van der Waals surface area contributed by atoms with Crippen molar-refractivity contribution in [1.29, 1.82) is 0 Å². The van der Waals surface area contributed by atoms with Crippen LogP contribution in [0.4, 0.5) is 28.9 Å². The monoisotopic (exact) mass is 673 g/mol. The molecule has 3 aromatic carbocycles. The van der Waals surface area contributed by atoms with E-state index in [0.29, 0.717) is 23.1 Å². The van der Waals surface area contributed by atoms with Crippen molar-refractivity contribution in [2.24, 2.45) is 0 Å². The first-order valence-corrected chi connectivity index (χ1v) is 15.6.